The Hall–Kier alpha value is -2.42. The molecule has 2 aromatic carbocycles. The van der Waals surface area contributed by atoms with E-state index >= 15 is 0 Å². The van der Waals surface area contributed by atoms with Crippen molar-refractivity contribution in [3.8, 4) is 0 Å². The highest BCUT2D eigenvalue weighted by atomic mass is 35.5. The number of fused-ring (bicyclic) bond motifs is 1. The molecule has 0 radical (unpaired) electrons. The molecule has 0 fully saturated rings. The van der Waals surface area contributed by atoms with Gasteiger partial charge < -0.3 is 9.47 Å². The lowest BCUT2D eigenvalue weighted by atomic mass is 10.2. The molecule has 9 heteroatoms. The number of benzene rings is 2. The fourth-order valence-electron chi connectivity index (χ4n) is 3.67. The number of nitrogens with zero attached hydrogens (tertiary/aromatic N) is 4. The first kappa shape index (κ1) is 25.2. The summed E-state index contributed by atoms with van der Waals surface area (Å²) in [4.78, 5) is 19.4. The molecule has 1 aromatic heterocycles. The first-order valence-corrected chi connectivity index (χ1v) is 12.9. The van der Waals surface area contributed by atoms with Gasteiger partial charge in [0.2, 0.25) is 15.9 Å². The fourth-order valence-corrected chi connectivity index (χ4v) is 4.78. The number of hydrogen-bond acceptors (Lipinski definition) is 4. The predicted octanol–water partition coefficient (Wildman–Crippen LogP) is 4.33. The Morgan fingerprint density at radius 3 is 2.52 bits per heavy atom. The lowest BCUT2D eigenvalue weighted by Crippen LogP contribution is -2.26. The number of carbonyl (C=O) groups is 1. The molecule has 3 rings (SSSR count). The van der Waals surface area contributed by atoms with E-state index in [1.165, 1.54) is 18.4 Å². The summed E-state index contributed by atoms with van der Waals surface area (Å²) < 4.78 is 28.4. The molecule has 1 amide bonds. The van der Waals surface area contributed by atoms with Crippen molar-refractivity contribution in [2.24, 2.45) is 0 Å². The minimum Gasteiger partial charge on any atom is -0.341 e. The van der Waals surface area contributed by atoms with Crippen LogP contribution >= 0.6 is 11.6 Å². The topological polar surface area (TPSA) is 75.5 Å². The average molecular weight is 491 g/mol. The van der Waals surface area contributed by atoms with Crippen LogP contribution in [0.3, 0.4) is 0 Å². The molecule has 33 heavy (non-hydrogen) atoms. The third kappa shape index (κ3) is 5.75. The van der Waals surface area contributed by atoms with Gasteiger partial charge in [0.05, 0.1) is 15.9 Å². The second kappa shape index (κ2) is 10.7. The van der Waals surface area contributed by atoms with E-state index in [1.54, 1.807) is 24.1 Å². The summed E-state index contributed by atoms with van der Waals surface area (Å²) in [5.41, 5.74) is 2.41. The summed E-state index contributed by atoms with van der Waals surface area (Å²) in [6, 6.07) is 12.5. The van der Waals surface area contributed by atoms with E-state index in [9.17, 15) is 13.2 Å². The van der Waals surface area contributed by atoms with E-state index in [1.807, 2.05) is 30.3 Å². The first-order chi connectivity index (χ1) is 15.6. The zero-order chi connectivity index (χ0) is 24.2. The van der Waals surface area contributed by atoms with Gasteiger partial charge in [-0.3, -0.25) is 4.79 Å². The second-order valence-corrected chi connectivity index (χ2v) is 10.9. The van der Waals surface area contributed by atoms with Crippen molar-refractivity contribution in [3.05, 3.63) is 58.9 Å². The lowest BCUT2D eigenvalue weighted by Gasteiger charge is -2.18. The number of aryl methyl sites for hydroxylation is 2. The van der Waals surface area contributed by atoms with E-state index in [2.05, 4.69) is 11.5 Å². The number of unbranched alkanes of at least 4 members (excludes halogenated alkanes) is 1. The van der Waals surface area contributed by atoms with Crippen LogP contribution in [-0.4, -0.2) is 54.2 Å². The molecule has 0 saturated carbocycles. The van der Waals surface area contributed by atoms with E-state index in [0.717, 1.165) is 36.3 Å². The molecule has 7 nitrogen and oxygen atoms in total. The highest BCUT2D eigenvalue weighted by Crippen LogP contribution is 2.24. The molecule has 1 heterocycles. The van der Waals surface area contributed by atoms with Crippen molar-refractivity contribution >= 4 is 38.6 Å². The molecular weight excluding hydrogens is 460 g/mol. The predicted molar refractivity (Wildman–Crippen MR) is 132 cm³/mol. The van der Waals surface area contributed by atoms with Crippen LogP contribution in [0.15, 0.2) is 47.4 Å². The lowest BCUT2D eigenvalue weighted by molar-refractivity contribution is -0.130. The maximum atomic E-state index is 12.8. The van der Waals surface area contributed by atoms with Gasteiger partial charge in [0.15, 0.2) is 0 Å². The third-order valence-corrected chi connectivity index (χ3v) is 7.85. The Morgan fingerprint density at radius 2 is 1.85 bits per heavy atom. The molecule has 0 atom stereocenters. The van der Waals surface area contributed by atoms with Gasteiger partial charge in [-0.2, -0.15) is 0 Å². The summed E-state index contributed by atoms with van der Waals surface area (Å²) in [6.45, 7) is 3.33. The van der Waals surface area contributed by atoms with Crippen LogP contribution in [-0.2, 0) is 34.3 Å². The summed E-state index contributed by atoms with van der Waals surface area (Å²) in [5.74, 6) is 0.789. The van der Waals surface area contributed by atoms with Crippen LogP contribution < -0.4 is 0 Å². The standard InChI is InChI=1S/C24H31ClN4O3S/c1-5-6-15-29-22-12-11-19(33(31,32)27(2)3)16-21(22)26-23(29)13-14-24(30)28(4)17-18-9-7-8-10-20(18)25/h7-12,16H,5-6,13-15,17H2,1-4H3. The Morgan fingerprint density at radius 1 is 1.12 bits per heavy atom. The van der Waals surface area contributed by atoms with Gasteiger partial charge >= 0.3 is 0 Å². The molecule has 178 valence electrons. The maximum absolute atomic E-state index is 12.8. The van der Waals surface area contributed by atoms with Gasteiger partial charge in [0.1, 0.15) is 5.82 Å². The Kier molecular flexibility index (Phi) is 8.15. The largest absolute Gasteiger partial charge is 0.341 e. The van der Waals surface area contributed by atoms with Crippen LogP contribution in [0.1, 0.15) is 37.6 Å². The van der Waals surface area contributed by atoms with Gasteiger partial charge in [-0.05, 0) is 36.2 Å². The molecule has 0 N–H and O–H groups in total. The number of rotatable bonds is 10. The molecule has 0 spiro atoms. The van der Waals surface area contributed by atoms with Gasteiger partial charge in [-0.25, -0.2) is 17.7 Å². The van der Waals surface area contributed by atoms with Crippen molar-refractivity contribution in [1.29, 1.82) is 0 Å². The zero-order valence-corrected chi connectivity index (χ0v) is 21.2. The number of hydrogen-bond donors (Lipinski definition) is 0. The van der Waals surface area contributed by atoms with E-state index in [-0.39, 0.29) is 10.8 Å². The Balaban J connectivity index is 1.82. The third-order valence-electron chi connectivity index (χ3n) is 5.67. The molecule has 0 unspecified atom stereocenters. The molecular formula is C24H31ClN4O3S. The summed E-state index contributed by atoms with van der Waals surface area (Å²) >= 11 is 6.23. The SMILES string of the molecule is CCCCn1c(CCC(=O)N(C)Cc2ccccc2Cl)nc2cc(S(=O)(=O)N(C)C)ccc21. The van der Waals surface area contributed by atoms with E-state index in [0.29, 0.717) is 29.9 Å². The molecule has 0 bridgehead atoms. The molecule has 3 aromatic rings. The zero-order valence-electron chi connectivity index (χ0n) is 19.6. The highest BCUT2D eigenvalue weighted by molar-refractivity contribution is 7.89. The smallest absolute Gasteiger partial charge is 0.242 e. The van der Waals surface area contributed by atoms with Gasteiger partial charge in [-0.15, -0.1) is 0 Å². The van der Waals surface area contributed by atoms with Crippen molar-refractivity contribution in [1.82, 2.24) is 18.8 Å². The number of imidazole rings is 1. The fraction of sp³-hybridized carbons (Fsp3) is 0.417. The van der Waals surface area contributed by atoms with E-state index < -0.39 is 10.0 Å². The van der Waals surface area contributed by atoms with Crippen LogP contribution in [0.25, 0.3) is 11.0 Å². The van der Waals surface area contributed by atoms with Crippen molar-refractivity contribution in [2.45, 2.75) is 50.6 Å². The van der Waals surface area contributed by atoms with Crippen molar-refractivity contribution in [2.75, 3.05) is 21.1 Å². The summed E-state index contributed by atoms with van der Waals surface area (Å²) in [5, 5.41) is 0.641. The molecule has 0 saturated heterocycles. The maximum Gasteiger partial charge on any atom is 0.242 e. The first-order valence-electron chi connectivity index (χ1n) is 11.0. The average Bonchev–Trinajstić information content (AvgIpc) is 3.13. The monoisotopic (exact) mass is 490 g/mol. The number of sulfonamides is 1. The van der Waals surface area contributed by atoms with Crippen LogP contribution in [0.2, 0.25) is 5.02 Å². The van der Waals surface area contributed by atoms with Crippen LogP contribution in [0, 0.1) is 0 Å². The van der Waals surface area contributed by atoms with Gasteiger partial charge in [-0.1, -0.05) is 43.1 Å². The number of amides is 1. The highest BCUT2D eigenvalue weighted by Gasteiger charge is 2.20. The van der Waals surface area contributed by atoms with Crippen LogP contribution in [0.4, 0.5) is 0 Å². The van der Waals surface area contributed by atoms with Gasteiger partial charge in [0, 0.05) is 52.1 Å². The molecule has 0 aliphatic carbocycles. The molecule has 0 aliphatic heterocycles. The quantitative estimate of drug-likeness (QED) is 0.424. The molecule has 0 aliphatic rings. The second-order valence-electron chi connectivity index (χ2n) is 8.31. The summed E-state index contributed by atoms with van der Waals surface area (Å²) in [6.07, 6.45) is 2.77. The van der Waals surface area contributed by atoms with Gasteiger partial charge in [0.25, 0.3) is 0 Å². The minimum atomic E-state index is -3.55. The normalized spacial score (nSPS) is 11.9. The minimum absolute atomic E-state index is 0.000100. The number of carbonyl (C=O) groups excluding carboxylic acids is 1. The summed E-state index contributed by atoms with van der Waals surface area (Å²) in [7, 11) is 1.24. The number of halogens is 1. The number of aromatic nitrogens is 2. The van der Waals surface area contributed by atoms with E-state index in [4.69, 9.17) is 16.6 Å². The van der Waals surface area contributed by atoms with Crippen molar-refractivity contribution in [3.63, 3.8) is 0 Å². The Bertz CT molecular complexity index is 1240. The Labute approximate surface area is 201 Å². The van der Waals surface area contributed by atoms with Crippen LogP contribution in [0.5, 0.6) is 0 Å². The van der Waals surface area contributed by atoms with Crippen molar-refractivity contribution < 1.29 is 13.2 Å².